The largest absolute Gasteiger partial charge is 0.487 e. The summed E-state index contributed by atoms with van der Waals surface area (Å²) in [4.78, 5) is 24.8. The molecule has 0 aliphatic heterocycles. The zero-order chi connectivity index (χ0) is 24.8. The molecule has 0 spiro atoms. The van der Waals surface area contributed by atoms with E-state index >= 15 is 0 Å². The summed E-state index contributed by atoms with van der Waals surface area (Å²) < 4.78 is 19.6. The molecule has 0 saturated heterocycles. The lowest BCUT2D eigenvalue weighted by molar-refractivity contribution is -0.129. The molecule has 3 rings (SSSR count). The van der Waals surface area contributed by atoms with Gasteiger partial charge >= 0.3 is 0 Å². The standard InChI is InChI=1S/C24H25ClFN5O3/c1-13-7-21(29-9-16(26)8-27)17-5-4-6-22(23(17)30-13)34-12-19-18(10-28-11-20(19)25)14(2)31-24(33)15(3)32/h4-11,14-15,32H,12,27H2,1-3H3,(H,31,33). The maximum absolute atomic E-state index is 13.5. The topological polar surface area (TPSA) is 123 Å². The number of fused-ring (bicyclic) bond motifs is 1. The first kappa shape index (κ1) is 25.1. The Kier molecular flexibility index (Phi) is 8.14. The number of ether oxygens (including phenoxy) is 1. The molecule has 0 aliphatic carbocycles. The van der Waals surface area contributed by atoms with Crippen LogP contribution in [-0.4, -0.2) is 33.3 Å². The first-order chi connectivity index (χ1) is 16.2. The van der Waals surface area contributed by atoms with Crippen LogP contribution in [0.3, 0.4) is 0 Å². The highest BCUT2D eigenvalue weighted by Gasteiger charge is 2.19. The number of hydrogen-bond acceptors (Lipinski definition) is 7. The number of carbonyl (C=O) groups excluding carboxylic acids is 1. The van der Waals surface area contributed by atoms with Gasteiger partial charge in [0.2, 0.25) is 5.91 Å². The van der Waals surface area contributed by atoms with Gasteiger partial charge in [0.05, 0.1) is 23.0 Å². The molecule has 0 bridgehead atoms. The number of aliphatic hydroxyl groups excluding tert-OH is 1. The van der Waals surface area contributed by atoms with E-state index in [1.54, 1.807) is 38.2 Å². The van der Waals surface area contributed by atoms with Crippen LogP contribution in [0.4, 0.5) is 10.1 Å². The second kappa shape index (κ2) is 11.0. The van der Waals surface area contributed by atoms with Crippen LogP contribution >= 0.6 is 11.6 Å². The molecule has 34 heavy (non-hydrogen) atoms. The number of allylic oxidation sites excluding steroid dienone is 1. The zero-order valence-electron chi connectivity index (χ0n) is 18.9. The Balaban J connectivity index is 1.94. The first-order valence-corrected chi connectivity index (χ1v) is 10.8. The summed E-state index contributed by atoms with van der Waals surface area (Å²) in [6, 6.07) is 6.62. The summed E-state index contributed by atoms with van der Waals surface area (Å²) in [5.41, 5.74) is 8.20. The van der Waals surface area contributed by atoms with Crippen LogP contribution < -0.4 is 15.8 Å². The van der Waals surface area contributed by atoms with Crippen molar-refractivity contribution >= 4 is 40.3 Å². The van der Waals surface area contributed by atoms with Crippen molar-refractivity contribution in [3.05, 3.63) is 70.5 Å². The Labute approximate surface area is 201 Å². The van der Waals surface area contributed by atoms with Gasteiger partial charge in [-0.15, -0.1) is 0 Å². The summed E-state index contributed by atoms with van der Waals surface area (Å²) in [6.45, 7) is 5.02. The van der Waals surface area contributed by atoms with E-state index < -0.39 is 23.9 Å². The Morgan fingerprint density at radius 1 is 1.38 bits per heavy atom. The molecule has 0 radical (unpaired) electrons. The number of para-hydroxylation sites is 1. The number of aliphatic hydroxyl groups is 1. The van der Waals surface area contributed by atoms with Crippen LogP contribution in [-0.2, 0) is 11.4 Å². The van der Waals surface area contributed by atoms with Crippen LogP contribution in [0, 0.1) is 6.92 Å². The van der Waals surface area contributed by atoms with E-state index in [9.17, 15) is 14.3 Å². The number of halogens is 2. The van der Waals surface area contributed by atoms with E-state index in [-0.39, 0.29) is 6.61 Å². The van der Waals surface area contributed by atoms with Crippen molar-refractivity contribution in [1.29, 1.82) is 0 Å². The third-order valence-corrected chi connectivity index (χ3v) is 5.34. The number of aliphatic imine (C=N–C) groups is 1. The molecule has 4 N–H and O–H groups in total. The monoisotopic (exact) mass is 485 g/mol. The molecule has 10 heteroatoms. The Morgan fingerprint density at radius 2 is 2.15 bits per heavy atom. The highest BCUT2D eigenvalue weighted by atomic mass is 35.5. The van der Waals surface area contributed by atoms with Crippen molar-refractivity contribution in [3.63, 3.8) is 0 Å². The number of nitrogens with zero attached hydrogens (tertiary/aromatic N) is 3. The minimum absolute atomic E-state index is 0.0729. The summed E-state index contributed by atoms with van der Waals surface area (Å²) in [7, 11) is 0. The average Bonchev–Trinajstić information content (AvgIpc) is 2.81. The van der Waals surface area contributed by atoms with Gasteiger partial charge in [-0.25, -0.2) is 9.37 Å². The van der Waals surface area contributed by atoms with Crippen LogP contribution in [0.2, 0.25) is 5.02 Å². The van der Waals surface area contributed by atoms with Gasteiger partial charge in [-0.3, -0.25) is 14.8 Å². The first-order valence-electron chi connectivity index (χ1n) is 10.5. The van der Waals surface area contributed by atoms with Crippen molar-refractivity contribution in [2.45, 2.75) is 39.5 Å². The molecular formula is C24H25ClFN5O3. The SMILES string of the molecule is Cc1cc(N=CC(F)=CN)c2cccc(OCc3c(Cl)cncc3C(C)NC(=O)C(C)O)c2n1. The summed E-state index contributed by atoms with van der Waals surface area (Å²) in [5.74, 6) is -0.694. The Morgan fingerprint density at radius 3 is 2.85 bits per heavy atom. The van der Waals surface area contributed by atoms with Crippen molar-refractivity contribution < 1.29 is 19.0 Å². The number of rotatable bonds is 8. The van der Waals surface area contributed by atoms with Gasteiger partial charge < -0.3 is 20.9 Å². The lowest BCUT2D eigenvalue weighted by atomic mass is 10.0. The fourth-order valence-corrected chi connectivity index (χ4v) is 3.51. The molecular weight excluding hydrogens is 461 g/mol. The molecule has 2 atom stereocenters. The predicted octanol–water partition coefficient (Wildman–Crippen LogP) is 4.20. The smallest absolute Gasteiger partial charge is 0.249 e. The maximum Gasteiger partial charge on any atom is 0.249 e. The second-order valence-corrected chi connectivity index (χ2v) is 8.04. The van der Waals surface area contributed by atoms with Gasteiger partial charge in [-0.2, -0.15) is 0 Å². The summed E-state index contributed by atoms with van der Waals surface area (Å²) in [5, 5.41) is 13.3. The normalized spacial score (nSPS) is 13.8. The van der Waals surface area contributed by atoms with E-state index in [4.69, 9.17) is 22.1 Å². The number of nitrogens with one attached hydrogen (secondary N) is 1. The lowest BCUT2D eigenvalue weighted by Crippen LogP contribution is -2.34. The Bertz CT molecular complexity index is 1260. The third kappa shape index (κ3) is 5.86. The van der Waals surface area contributed by atoms with Gasteiger partial charge in [0.15, 0.2) is 5.83 Å². The van der Waals surface area contributed by atoms with Gasteiger partial charge in [0.1, 0.15) is 24.0 Å². The van der Waals surface area contributed by atoms with Crippen molar-refractivity contribution in [3.8, 4) is 5.75 Å². The van der Waals surface area contributed by atoms with E-state index in [1.807, 2.05) is 6.07 Å². The molecule has 2 unspecified atom stereocenters. The Hall–Kier alpha value is -3.56. The highest BCUT2D eigenvalue weighted by molar-refractivity contribution is 6.31. The van der Waals surface area contributed by atoms with Crippen LogP contribution in [0.25, 0.3) is 10.9 Å². The number of amides is 1. The number of aryl methyl sites for hydroxylation is 1. The number of pyridine rings is 2. The van der Waals surface area contributed by atoms with Gasteiger partial charge in [0.25, 0.3) is 0 Å². The van der Waals surface area contributed by atoms with E-state index in [1.165, 1.54) is 13.1 Å². The molecule has 0 saturated carbocycles. The zero-order valence-corrected chi connectivity index (χ0v) is 19.7. The van der Waals surface area contributed by atoms with Crippen molar-refractivity contribution in [2.75, 3.05) is 0 Å². The van der Waals surface area contributed by atoms with E-state index in [0.717, 1.165) is 12.4 Å². The highest BCUT2D eigenvalue weighted by Crippen LogP contribution is 2.33. The predicted molar refractivity (Wildman–Crippen MR) is 130 cm³/mol. The fraction of sp³-hybridized carbons (Fsp3) is 0.250. The second-order valence-electron chi connectivity index (χ2n) is 7.63. The number of benzene rings is 1. The number of aromatic nitrogens is 2. The number of hydrogen-bond donors (Lipinski definition) is 3. The lowest BCUT2D eigenvalue weighted by Gasteiger charge is -2.20. The molecule has 2 aromatic heterocycles. The van der Waals surface area contributed by atoms with E-state index in [0.29, 0.717) is 44.2 Å². The number of carbonyl (C=O) groups is 1. The molecule has 8 nitrogen and oxygen atoms in total. The molecule has 2 heterocycles. The summed E-state index contributed by atoms with van der Waals surface area (Å²) in [6.07, 6.45) is 3.80. The van der Waals surface area contributed by atoms with Crippen LogP contribution in [0.15, 0.2) is 53.7 Å². The molecule has 178 valence electrons. The minimum Gasteiger partial charge on any atom is -0.487 e. The molecule has 1 amide bonds. The average molecular weight is 486 g/mol. The third-order valence-electron chi connectivity index (χ3n) is 5.01. The van der Waals surface area contributed by atoms with Crippen LogP contribution in [0.5, 0.6) is 5.75 Å². The molecule has 3 aromatic rings. The molecule has 0 fully saturated rings. The number of nitrogens with two attached hydrogens (primary N) is 1. The van der Waals surface area contributed by atoms with Gasteiger partial charge in [0, 0.05) is 40.8 Å². The minimum atomic E-state index is -1.15. The van der Waals surface area contributed by atoms with Gasteiger partial charge in [-0.1, -0.05) is 23.7 Å². The van der Waals surface area contributed by atoms with Crippen molar-refractivity contribution in [2.24, 2.45) is 10.7 Å². The van der Waals surface area contributed by atoms with Crippen LogP contribution in [0.1, 0.15) is 36.7 Å². The maximum atomic E-state index is 13.5. The molecule has 0 aliphatic rings. The van der Waals surface area contributed by atoms with Crippen molar-refractivity contribution in [1.82, 2.24) is 15.3 Å². The van der Waals surface area contributed by atoms with E-state index in [2.05, 4.69) is 20.3 Å². The molecule has 1 aromatic carbocycles. The van der Waals surface area contributed by atoms with Gasteiger partial charge in [-0.05, 0) is 32.9 Å². The fourth-order valence-electron chi connectivity index (χ4n) is 3.29. The summed E-state index contributed by atoms with van der Waals surface area (Å²) >= 11 is 6.40. The quantitative estimate of drug-likeness (QED) is 0.411.